The quantitative estimate of drug-likeness (QED) is 0.641. The second-order valence-corrected chi connectivity index (χ2v) is 8.81. The van der Waals surface area contributed by atoms with E-state index in [4.69, 9.17) is 0 Å². The Bertz CT molecular complexity index is 582. The Hall–Kier alpha value is -0.870. The maximum absolute atomic E-state index is 11.9. The van der Waals surface area contributed by atoms with Gasteiger partial charge in [0.15, 0.2) is 11.5 Å². The van der Waals surface area contributed by atoms with Gasteiger partial charge >= 0.3 is 0 Å². The normalized spacial score (nSPS) is 52.9. The first-order valence-corrected chi connectivity index (χ1v) is 9.12. The van der Waals surface area contributed by atoms with E-state index in [-0.39, 0.29) is 29.5 Å². The summed E-state index contributed by atoms with van der Waals surface area (Å²) in [7, 11) is 0. The molecule has 0 radical (unpaired) electrons. The number of hydrogen-bond acceptors (Lipinski definition) is 4. The Labute approximate surface area is 137 Å². The average Bonchev–Trinajstić information content (AvgIpc) is 2.81. The summed E-state index contributed by atoms with van der Waals surface area (Å²) in [6, 6.07) is 0. The molecule has 4 aliphatic rings. The molecule has 3 N–H and O–H groups in total. The molecule has 0 aromatic rings. The van der Waals surface area contributed by atoms with Gasteiger partial charge in [0.1, 0.15) is 0 Å². The standard InChI is InChI=1S/C19H28O4/c1-18-8-7-12-10(11(18)5-6-15(18)21)3-4-13-17(23)14(20)9-16(22)19(12,13)2/h10-12,15-16,21-23H,3-9H2,1-2H3/t10-,11-,12-,15-,16?,18-,19+/m0/s1. The van der Waals surface area contributed by atoms with Crippen LogP contribution in [0.5, 0.6) is 0 Å². The van der Waals surface area contributed by atoms with E-state index < -0.39 is 11.5 Å². The zero-order valence-corrected chi connectivity index (χ0v) is 14.1. The second kappa shape index (κ2) is 4.82. The number of fused-ring (bicyclic) bond motifs is 5. The van der Waals surface area contributed by atoms with Crippen LogP contribution in [-0.4, -0.2) is 33.3 Å². The van der Waals surface area contributed by atoms with Gasteiger partial charge in [0.05, 0.1) is 12.2 Å². The summed E-state index contributed by atoms with van der Waals surface area (Å²) < 4.78 is 0. The maximum atomic E-state index is 11.9. The van der Waals surface area contributed by atoms with Crippen molar-refractivity contribution in [3.63, 3.8) is 0 Å². The highest BCUT2D eigenvalue weighted by Crippen LogP contribution is 2.65. The number of aliphatic hydroxyl groups excluding tert-OH is 3. The van der Waals surface area contributed by atoms with Crippen molar-refractivity contribution in [2.75, 3.05) is 0 Å². The van der Waals surface area contributed by atoms with Gasteiger partial charge in [0.2, 0.25) is 0 Å². The summed E-state index contributed by atoms with van der Waals surface area (Å²) >= 11 is 0. The van der Waals surface area contributed by atoms with E-state index in [1.807, 2.05) is 0 Å². The van der Waals surface area contributed by atoms with Gasteiger partial charge in [-0.3, -0.25) is 4.79 Å². The molecule has 4 aliphatic carbocycles. The molecule has 3 saturated carbocycles. The van der Waals surface area contributed by atoms with Crippen molar-refractivity contribution >= 4 is 5.78 Å². The number of carbonyl (C=O) groups excluding carboxylic acids is 1. The molecule has 0 saturated heterocycles. The molecular formula is C19H28O4. The molecule has 0 amide bonds. The molecule has 3 fully saturated rings. The fraction of sp³-hybridized carbons (Fsp3) is 0.842. The largest absolute Gasteiger partial charge is 0.504 e. The van der Waals surface area contributed by atoms with Crippen LogP contribution in [0.25, 0.3) is 0 Å². The van der Waals surface area contributed by atoms with Crippen molar-refractivity contribution in [1.29, 1.82) is 0 Å². The van der Waals surface area contributed by atoms with Crippen LogP contribution in [0, 0.1) is 28.6 Å². The number of Topliss-reactive ketones (excluding diaryl/α,β-unsaturated/α-hetero) is 1. The van der Waals surface area contributed by atoms with E-state index in [1.165, 1.54) is 0 Å². The number of hydrogen-bond donors (Lipinski definition) is 3. The lowest BCUT2D eigenvalue weighted by molar-refractivity contribution is -0.134. The summed E-state index contributed by atoms with van der Waals surface area (Å²) in [4.78, 5) is 11.9. The third kappa shape index (κ3) is 1.82. The van der Waals surface area contributed by atoms with Crippen LogP contribution in [0.2, 0.25) is 0 Å². The van der Waals surface area contributed by atoms with Gasteiger partial charge in [0.25, 0.3) is 0 Å². The third-order valence-corrected chi connectivity index (χ3v) is 8.16. The Morgan fingerprint density at radius 1 is 1.00 bits per heavy atom. The van der Waals surface area contributed by atoms with Gasteiger partial charge in [0, 0.05) is 11.8 Å². The summed E-state index contributed by atoms with van der Waals surface area (Å²) in [6.07, 6.45) is 4.71. The van der Waals surface area contributed by atoms with Crippen LogP contribution in [0.15, 0.2) is 11.3 Å². The molecule has 0 aromatic heterocycles. The summed E-state index contributed by atoms with van der Waals surface area (Å²) in [5.74, 6) is 0.910. The first-order chi connectivity index (χ1) is 10.8. The average molecular weight is 320 g/mol. The molecule has 0 aromatic carbocycles. The Morgan fingerprint density at radius 3 is 2.48 bits per heavy atom. The number of ketones is 1. The third-order valence-electron chi connectivity index (χ3n) is 8.16. The summed E-state index contributed by atoms with van der Waals surface area (Å²) in [5.41, 5.74) is 0.330. The first-order valence-electron chi connectivity index (χ1n) is 9.12. The zero-order chi connectivity index (χ0) is 16.6. The van der Waals surface area contributed by atoms with Gasteiger partial charge in [-0.2, -0.15) is 0 Å². The predicted molar refractivity (Wildman–Crippen MR) is 85.7 cm³/mol. The summed E-state index contributed by atoms with van der Waals surface area (Å²) in [6.45, 7) is 4.29. The maximum Gasteiger partial charge on any atom is 0.199 e. The second-order valence-electron chi connectivity index (χ2n) is 8.81. The van der Waals surface area contributed by atoms with Gasteiger partial charge < -0.3 is 15.3 Å². The lowest BCUT2D eigenvalue weighted by Crippen LogP contribution is -2.56. The molecule has 0 spiro atoms. The first kappa shape index (κ1) is 15.6. The van der Waals surface area contributed by atoms with Crippen molar-refractivity contribution in [3.8, 4) is 0 Å². The van der Waals surface area contributed by atoms with Crippen LogP contribution in [-0.2, 0) is 4.79 Å². The molecule has 7 atom stereocenters. The SMILES string of the molecule is C[C@]12CC[C@H]3[C@@H](CCC4=C(O)C(=O)CC(O)[C@@]43C)[C@@H]1CC[C@@H]2O. The monoisotopic (exact) mass is 320 g/mol. The Balaban J connectivity index is 1.75. The van der Waals surface area contributed by atoms with E-state index in [0.29, 0.717) is 24.2 Å². The van der Waals surface area contributed by atoms with Crippen molar-refractivity contribution in [2.24, 2.45) is 28.6 Å². The fourth-order valence-electron chi connectivity index (χ4n) is 6.69. The fourth-order valence-corrected chi connectivity index (χ4v) is 6.69. The van der Waals surface area contributed by atoms with E-state index in [0.717, 1.165) is 37.7 Å². The Morgan fingerprint density at radius 2 is 1.74 bits per heavy atom. The van der Waals surface area contributed by atoms with Crippen LogP contribution in [0.1, 0.15) is 58.8 Å². The lowest BCUT2D eigenvalue weighted by atomic mass is 9.46. The van der Waals surface area contributed by atoms with E-state index in [1.54, 1.807) is 0 Å². The van der Waals surface area contributed by atoms with Gasteiger partial charge in [-0.1, -0.05) is 13.8 Å². The summed E-state index contributed by atoms with van der Waals surface area (Å²) in [5, 5.41) is 31.5. The minimum absolute atomic E-state index is 0.0101. The van der Waals surface area contributed by atoms with Crippen molar-refractivity contribution < 1.29 is 20.1 Å². The number of carbonyl (C=O) groups is 1. The van der Waals surface area contributed by atoms with Crippen molar-refractivity contribution in [2.45, 2.75) is 71.0 Å². The molecule has 4 heteroatoms. The molecule has 4 nitrogen and oxygen atoms in total. The highest BCUT2D eigenvalue weighted by atomic mass is 16.3. The van der Waals surface area contributed by atoms with Gasteiger partial charge in [-0.25, -0.2) is 0 Å². The van der Waals surface area contributed by atoms with E-state index in [9.17, 15) is 20.1 Å². The molecule has 128 valence electrons. The van der Waals surface area contributed by atoms with Gasteiger partial charge in [-0.05, 0) is 67.3 Å². The molecule has 23 heavy (non-hydrogen) atoms. The molecular weight excluding hydrogens is 292 g/mol. The molecule has 4 rings (SSSR count). The van der Waals surface area contributed by atoms with Crippen LogP contribution < -0.4 is 0 Å². The van der Waals surface area contributed by atoms with Crippen molar-refractivity contribution in [3.05, 3.63) is 11.3 Å². The zero-order valence-electron chi connectivity index (χ0n) is 14.1. The minimum Gasteiger partial charge on any atom is -0.504 e. The molecule has 0 bridgehead atoms. The van der Waals surface area contributed by atoms with E-state index >= 15 is 0 Å². The van der Waals surface area contributed by atoms with Crippen LogP contribution in [0.4, 0.5) is 0 Å². The highest BCUT2D eigenvalue weighted by Gasteiger charge is 2.61. The van der Waals surface area contributed by atoms with Crippen molar-refractivity contribution in [1.82, 2.24) is 0 Å². The smallest absolute Gasteiger partial charge is 0.199 e. The van der Waals surface area contributed by atoms with Gasteiger partial charge in [-0.15, -0.1) is 0 Å². The van der Waals surface area contributed by atoms with Crippen LogP contribution >= 0.6 is 0 Å². The number of aliphatic hydroxyl groups is 3. The topological polar surface area (TPSA) is 77.8 Å². The molecule has 1 unspecified atom stereocenters. The number of rotatable bonds is 0. The highest BCUT2D eigenvalue weighted by molar-refractivity contribution is 5.95. The molecule has 0 aliphatic heterocycles. The van der Waals surface area contributed by atoms with E-state index in [2.05, 4.69) is 13.8 Å². The van der Waals surface area contributed by atoms with Crippen LogP contribution in [0.3, 0.4) is 0 Å². The minimum atomic E-state index is -0.690. The Kier molecular flexibility index (Phi) is 3.28. The molecule has 0 heterocycles. The lowest BCUT2D eigenvalue weighted by Gasteiger charge is -2.58. The predicted octanol–water partition coefficient (Wildman–Crippen LogP) is 2.74.